The normalized spacial score (nSPS) is 30.7. The molecule has 19 heavy (non-hydrogen) atoms. The van der Waals surface area contributed by atoms with Gasteiger partial charge in [-0.15, -0.1) is 0 Å². The van der Waals surface area contributed by atoms with E-state index in [4.69, 9.17) is 0 Å². The molecule has 2 atom stereocenters. The van der Waals surface area contributed by atoms with Gasteiger partial charge in [0.15, 0.2) is 0 Å². The summed E-state index contributed by atoms with van der Waals surface area (Å²) in [4.78, 5) is 36.7. The number of hydrogen-bond donors (Lipinski definition) is 2. The zero-order valence-electron chi connectivity index (χ0n) is 10.8. The van der Waals surface area contributed by atoms with Crippen molar-refractivity contribution in [1.82, 2.24) is 10.2 Å². The summed E-state index contributed by atoms with van der Waals surface area (Å²) in [6, 6.07) is 0. The lowest BCUT2D eigenvalue weighted by molar-refractivity contribution is -0.147. The minimum absolute atomic E-state index is 0.0344. The highest BCUT2D eigenvalue weighted by Crippen LogP contribution is 2.29. The molecule has 2 aliphatic heterocycles. The Balaban J connectivity index is 2.01. The summed E-state index contributed by atoms with van der Waals surface area (Å²) in [7, 11) is 0. The SMILES string of the molecule is CCN1CC(C(=O)NC2(C(=O)O)CCSC2)CC1=O. The zero-order chi connectivity index (χ0) is 14.0. The van der Waals surface area contributed by atoms with Crippen molar-refractivity contribution >= 4 is 29.5 Å². The average Bonchev–Trinajstić information content (AvgIpc) is 2.96. The van der Waals surface area contributed by atoms with Crippen LogP contribution in [0.3, 0.4) is 0 Å². The van der Waals surface area contributed by atoms with E-state index in [1.165, 1.54) is 11.8 Å². The molecule has 2 fully saturated rings. The highest BCUT2D eigenvalue weighted by atomic mass is 32.2. The predicted octanol–water partition coefficient (Wildman–Crippen LogP) is -0.0687. The van der Waals surface area contributed by atoms with E-state index in [9.17, 15) is 19.5 Å². The Morgan fingerprint density at radius 2 is 2.32 bits per heavy atom. The Kier molecular flexibility index (Phi) is 4.03. The number of carboxylic acids is 1. The van der Waals surface area contributed by atoms with E-state index < -0.39 is 17.4 Å². The molecule has 2 N–H and O–H groups in total. The quantitative estimate of drug-likeness (QED) is 0.755. The number of rotatable bonds is 4. The third kappa shape index (κ3) is 2.70. The van der Waals surface area contributed by atoms with Crippen molar-refractivity contribution in [2.75, 3.05) is 24.6 Å². The van der Waals surface area contributed by atoms with Gasteiger partial charge in [0, 0.05) is 25.3 Å². The lowest BCUT2D eigenvalue weighted by Crippen LogP contribution is -2.56. The number of thioether (sulfide) groups is 1. The van der Waals surface area contributed by atoms with Gasteiger partial charge in [0.05, 0.1) is 5.92 Å². The van der Waals surface area contributed by atoms with Crippen LogP contribution in [0.15, 0.2) is 0 Å². The molecule has 0 aliphatic carbocycles. The summed E-state index contributed by atoms with van der Waals surface area (Å²) in [5.41, 5.74) is -1.15. The van der Waals surface area contributed by atoms with E-state index in [1.54, 1.807) is 4.90 Å². The van der Waals surface area contributed by atoms with Gasteiger partial charge in [-0.05, 0) is 19.1 Å². The van der Waals surface area contributed by atoms with E-state index in [0.29, 0.717) is 25.3 Å². The Morgan fingerprint density at radius 1 is 1.58 bits per heavy atom. The molecule has 2 unspecified atom stereocenters. The zero-order valence-corrected chi connectivity index (χ0v) is 11.7. The van der Waals surface area contributed by atoms with Crippen LogP contribution in [-0.4, -0.2) is 57.9 Å². The summed E-state index contributed by atoms with van der Waals surface area (Å²) < 4.78 is 0. The van der Waals surface area contributed by atoms with Crippen LogP contribution in [0.5, 0.6) is 0 Å². The molecule has 0 saturated carbocycles. The van der Waals surface area contributed by atoms with Gasteiger partial charge >= 0.3 is 5.97 Å². The molecule has 2 aliphatic rings. The summed E-state index contributed by atoms with van der Waals surface area (Å²) in [6.07, 6.45) is 0.624. The van der Waals surface area contributed by atoms with Crippen LogP contribution in [0.2, 0.25) is 0 Å². The summed E-state index contributed by atoms with van der Waals surface area (Å²) in [5.74, 6) is -0.623. The first kappa shape index (κ1) is 14.2. The molecule has 0 spiro atoms. The second kappa shape index (κ2) is 5.40. The van der Waals surface area contributed by atoms with Crippen molar-refractivity contribution in [3.8, 4) is 0 Å². The fourth-order valence-corrected chi connectivity index (χ4v) is 3.80. The first-order valence-electron chi connectivity index (χ1n) is 6.39. The number of carbonyl (C=O) groups is 3. The second-order valence-corrected chi connectivity index (χ2v) is 6.12. The first-order chi connectivity index (χ1) is 8.98. The first-order valence-corrected chi connectivity index (χ1v) is 7.55. The fourth-order valence-electron chi connectivity index (χ4n) is 2.48. The number of nitrogens with one attached hydrogen (secondary N) is 1. The number of carboxylic acid groups (broad SMARTS) is 1. The molecule has 2 saturated heterocycles. The molecule has 2 heterocycles. The van der Waals surface area contributed by atoms with Gasteiger partial charge in [-0.3, -0.25) is 9.59 Å². The highest BCUT2D eigenvalue weighted by molar-refractivity contribution is 7.99. The van der Waals surface area contributed by atoms with Crippen LogP contribution < -0.4 is 5.32 Å². The third-order valence-electron chi connectivity index (χ3n) is 3.76. The largest absolute Gasteiger partial charge is 0.479 e. The molecular formula is C12H18N2O4S. The highest BCUT2D eigenvalue weighted by Gasteiger charge is 2.45. The molecule has 0 bridgehead atoms. The maximum absolute atomic E-state index is 12.2. The van der Waals surface area contributed by atoms with Gasteiger partial charge in [-0.25, -0.2) is 4.79 Å². The number of nitrogens with zero attached hydrogens (tertiary/aromatic N) is 1. The Hall–Kier alpha value is -1.24. The van der Waals surface area contributed by atoms with E-state index >= 15 is 0 Å². The van der Waals surface area contributed by atoms with Crippen molar-refractivity contribution < 1.29 is 19.5 Å². The Bertz CT molecular complexity index is 407. The molecule has 0 aromatic heterocycles. The van der Waals surface area contributed by atoms with Crippen molar-refractivity contribution in [3.05, 3.63) is 0 Å². The molecule has 2 rings (SSSR count). The number of amides is 2. The summed E-state index contributed by atoms with van der Waals surface area (Å²) in [6.45, 7) is 2.84. The van der Waals surface area contributed by atoms with Crippen molar-refractivity contribution in [3.63, 3.8) is 0 Å². The molecular weight excluding hydrogens is 268 g/mol. The van der Waals surface area contributed by atoms with Gasteiger partial charge in [0.2, 0.25) is 11.8 Å². The third-order valence-corrected chi connectivity index (χ3v) is 4.95. The molecule has 0 radical (unpaired) electrons. The Morgan fingerprint density at radius 3 is 2.79 bits per heavy atom. The van der Waals surface area contributed by atoms with E-state index in [0.717, 1.165) is 5.75 Å². The predicted molar refractivity (Wildman–Crippen MR) is 70.8 cm³/mol. The van der Waals surface area contributed by atoms with Gasteiger partial charge in [-0.1, -0.05) is 0 Å². The van der Waals surface area contributed by atoms with Crippen LogP contribution in [0.25, 0.3) is 0 Å². The van der Waals surface area contributed by atoms with Crippen LogP contribution >= 0.6 is 11.8 Å². The van der Waals surface area contributed by atoms with Crippen LogP contribution in [0.4, 0.5) is 0 Å². The number of hydrogen-bond acceptors (Lipinski definition) is 4. The smallest absolute Gasteiger partial charge is 0.330 e. The number of likely N-dealkylation sites (tertiary alicyclic amines) is 1. The lowest BCUT2D eigenvalue weighted by Gasteiger charge is -2.26. The molecule has 106 valence electrons. The van der Waals surface area contributed by atoms with E-state index in [2.05, 4.69) is 5.32 Å². The topological polar surface area (TPSA) is 86.7 Å². The second-order valence-electron chi connectivity index (χ2n) is 5.01. The Labute approximate surface area is 115 Å². The molecule has 0 aromatic carbocycles. The van der Waals surface area contributed by atoms with Crippen LogP contribution in [-0.2, 0) is 14.4 Å². The number of carbonyl (C=O) groups excluding carboxylic acids is 2. The molecule has 0 aromatic rings. The van der Waals surface area contributed by atoms with Gasteiger partial charge in [0.1, 0.15) is 5.54 Å². The average molecular weight is 286 g/mol. The van der Waals surface area contributed by atoms with E-state index in [1.807, 2.05) is 6.92 Å². The van der Waals surface area contributed by atoms with Crippen molar-refractivity contribution in [1.29, 1.82) is 0 Å². The van der Waals surface area contributed by atoms with Gasteiger partial charge in [0.25, 0.3) is 0 Å². The van der Waals surface area contributed by atoms with Crippen LogP contribution in [0.1, 0.15) is 19.8 Å². The maximum Gasteiger partial charge on any atom is 0.330 e. The lowest BCUT2D eigenvalue weighted by atomic mass is 9.97. The minimum Gasteiger partial charge on any atom is -0.479 e. The van der Waals surface area contributed by atoms with Gasteiger partial charge in [-0.2, -0.15) is 11.8 Å². The fraction of sp³-hybridized carbons (Fsp3) is 0.750. The molecule has 7 heteroatoms. The molecule has 2 amide bonds. The monoisotopic (exact) mass is 286 g/mol. The van der Waals surface area contributed by atoms with Gasteiger partial charge < -0.3 is 15.3 Å². The summed E-state index contributed by atoms with van der Waals surface area (Å²) >= 11 is 1.53. The standard InChI is InChI=1S/C12H18N2O4S/c1-2-14-6-8(5-9(14)15)10(16)13-12(11(17)18)3-4-19-7-12/h8H,2-7H2,1H3,(H,13,16)(H,17,18). The minimum atomic E-state index is -1.15. The summed E-state index contributed by atoms with van der Waals surface area (Å²) in [5, 5.41) is 12.0. The van der Waals surface area contributed by atoms with Crippen molar-refractivity contribution in [2.24, 2.45) is 5.92 Å². The van der Waals surface area contributed by atoms with Crippen molar-refractivity contribution in [2.45, 2.75) is 25.3 Å². The molecule has 6 nitrogen and oxygen atoms in total. The van der Waals surface area contributed by atoms with E-state index in [-0.39, 0.29) is 18.2 Å². The maximum atomic E-state index is 12.2. The van der Waals surface area contributed by atoms with Crippen LogP contribution in [0, 0.1) is 5.92 Å². The number of aliphatic carboxylic acids is 1.